The average Bonchev–Trinajstić information content (AvgIpc) is 3.04. The van der Waals surface area contributed by atoms with Crippen molar-refractivity contribution < 1.29 is 9.47 Å². The number of hydrogen-bond acceptors (Lipinski definition) is 2. The summed E-state index contributed by atoms with van der Waals surface area (Å²) in [7, 11) is 0. The van der Waals surface area contributed by atoms with Crippen LogP contribution in [0.3, 0.4) is 0 Å². The third-order valence-electron chi connectivity index (χ3n) is 4.03. The predicted octanol–water partition coefficient (Wildman–Crippen LogP) is 4.17. The third-order valence-corrected chi connectivity index (χ3v) is 4.59. The van der Waals surface area contributed by atoms with Gasteiger partial charge in [-0.1, -0.05) is 19.9 Å². The summed E-state index contributed by atoms with van der Waals surface area (Å²) >= 11 is 6.58. The summed E-state index contributed by atoms with van der Waals surface area (Å²) in [6.45, 7) is 6.00. The molecule has 0 spiro atoms. The lowest BCUT2D eigenvalue weighted by Crippen LogP contribution is -2.00. The van der Waals surface area contributed by atoms with Crippen molar-refractivity contribution in [3.8, 4) is 11.5 Å². The van der Waals surface area contributed by atoms with Crippen LogP contribution in [-0.4, -0.2) is 13.2 Å². The number of rotatable bonds is 2. The van der Waals surface area contributed by atoms with Gasteiger partial charge in [-0.2, -0.15) is 0 Å². The van der Waals surface area contributed by atoms with E-state index in [0.717, 1.165) is 36.7 Å². The maximum atomic E-state index is 6.58. The van der Waals surface area contributed by atoms with E-state index in [1.165, 1.54) is 6.42 Å². The van der Waals surface area contributed by atoms with Crippen LogP contribution in [0.2, 0.25) is 0 Å². The van der Waals surface area contributed by atoms with Crippen molar-refractivity contribution >= 4 is 11.6 Å². The Bertz CT molecular complexity index is 456. The first-order valence-corrected chi connectivity index (χ1v) is 7.05. The molecule has 1 heterocycles. The first-order chi connectivity index (χ1) is 8.58. The van der Waals surface area contributed by atoms with Crippen molar-refractivity contribution in [2.24, 2.45) is 11.3 Å². The second-order valence-corrected chi connectivity index (χ2v) is 6.43. The standard InChI is InChI=1S/C15H19ClO2/c1-15(2)9-11(15)14(16)10-4-5-12-13(8-10)18-7-3-6-17-12/h4-5,8,11,14H,3,6-7,9H2,1-2H3. The van der Waals surface area contributed by atoms with Gasteiger partial charge in [-0.25, -0.2) is 0 Å². The van der Waals surface area contributed by atoms with E-state index in [0.29, 0.717) is 11.3 Å². The van der Waals surface area contributed by atoms with Crippen molar-refractivity contribution in [2.45, 2.75) is 32.1 Å². The van der Waals surface area contributed by atoms with Crippen LogP contribution in [0.15, 0.2) is 18.2 Å². The zero-order valence-electron chi connectivity index (χ0n) is 10.9. The molecule has 1 aliphatic carbocycles. The van der Waals surface area contributed by atoms with E-state index in [1.54, 1.807) is 0 Å². The molecule has 3 rings (SSSR count). The van der Waals surface area contributed by atoms with Crippen LogP contribution in [0.5, 0.6) is 11.5 Å². The molecule has 0 radical (unpaired) electrons. The summed E-state index contributed by atoms with van der Waals surface area (Å²) in [4.78, 5) is 0. The largest absolute Gasteiger partial charge is 0.490 e. The zero-order chi connectivity index (χ0) is 12.8. The van der Waals surface area contributed by atoms with E-state index < -0.39 is 0 Å². The smallest absolute Gasteiger partial charge is 0.161 e. The van der Waals surface area contributed by atoms with Crippen LogP contribution in [0.25, 0.3) is 0 Å². The minimum atomic E-state index is 0.0807. The lowest BCUT2D eigenvalue weighted by molar-refractivity contribution is 0.297. The Kier molecular flexibility index (Phi) is 2.93. The zero-order valence-corrected chi connectivity index (χ0v) is 11.7. The van der Waals surface area contributed by atoms with Crippen molar-refractivity contribution in [1.29, 1.82) is 0 Å². The second-order valence-electron chi connectivity index (χ2n) is 5.96. The molecule has 98 valence electrons. The molecule has 0 bridgehead atoms. The van der Waals surface area contributed by atoms with Crippen LogP contribution in [0, 0.1) is 11.3 Å². The fraction of sp³-hybridized carbons (Fsp3) is 0.600. The van der Waals surface area contributed by atoms with Gasteiger partial charge in [0.05, 0.1) is 18.6 Å². The summed E-state index contributed by atoms with van der Waals surface area (Å²) in [5.74, 6) is 2.26. The Morgan fingerprint density at radius 3 is 2.56 bits per heavy atom. The summed E-state index contributed by atoms with van der Waals surface area (Å²) < 4.78 is 11.3. The topological polar surface area (TPSA) is 18.5 Å². The van der Waals surface area contributed by atoms with Crippen LogP contribution >= 0.6 is 11.6 Å². The van der Waals surface area contributed by atoms with E-state index >= 15 is 0 Å². The van der Waals surface area contributed by atoms with Crippen LogP contribution in [0.4, 0.5) is 0 Å². The molecule has 1 aromatic rings. The Labute approximate surface area is 113 Å². The van der Waals surface area contributed by atoms with Crippen molar-refractivity contribution in [3.05, 3.63) is 23.8 Å². The highest BCUT2D eigenvalue weighted by Crippen LogP contribution is 2.60. The second kappa shape index (κ2) is 4.34. The molecule has 2 nitrogen and oxygen atoms in total. The summed E-state index contributed by atoms with van der Waals surface area (Å²) in [6.07, 6.45) is 2.14. The molecular formula is C15H19ClO2. The highest BCUT2D eigenvalue weighted by molar-refractivity contribution is 6.21. The van der Waals surface area contributed by atoms with Crippen LogP contribution in [-0.2, 0) is 0 Å². The monoisotopic (exact) mass is 266 g/mol. The third kappa shape index (κ3) is 2.18. The van der Waals surface area contributed by atoms with E-state index in [9.17, 15) is 0 Å². The van der Waals surface area contributed by atoms with E-state index in [4.69, 9.17) is 21.1 Å². The number of alkyl halides is 1. The van der Waals surface area contributed by atoms with Crippen LogP contribution in [0.1, 0.15) is 37.6 Å². The Morgan fingerprint density at radius 2 is 1.89 bits per heavy atom. The minimum absolute atomic E-state index is 0.0807. The average molecular weight is 267 g/mol. The fourth-order valence-corrected chi connectivity index (χ4v) is 3.16. The Hall–Kier alpha value is -0.890. The van der Waals surface area contributed by atoms with Gasteiger partial charge in [0.15, 0.2) is 11.5 Å². The maximum Gasteiger partial charge on any atom is 0.161 e. The van der Waals surface area contributed by atoms with Gasteiger partial charge in [-0.15, -0.1) is 11.6 Å². The fourth-order valence-electron chi connectivity index (χ4n) is 2.59. The van der Waals surface area contributed by atoms with Gasteiger partial charge in [0.1, 0.15) is 0 Å². The number of hydrogen-bond donors (Lipinski definition) is 0. The van der Waals surface area contributed by atoms with E-state index in [2.05, 4.69) is 19.9 Å². The first-order valence-electron chi connectivity index (χ1n) is 6.61. The molecule has 1 fully saturated rings. The highest BCUT2D eigenvalue weighted by atomic mass is 35.5. The molecule has 2 atom stereocenters. The van der Waals surface area contributed by atoms with Gasteiger partial charge in [-0.3, -0.25) is 0 Å². The maximum absolute atomic E-state index is 6.58. The summed E-state index contributed by atoms with van der Waals surface area (Å²) in [5, 5.41) is 0.0807. The molecular weight excluding hydrogens is 248 g/mol. The predicted molar refractivity (Wildman–Crippen MR) is 72.5 cm³/mol. The van der Waals surface area contributed by atoms with Gasteiger partial charge < -0.3 is 9.47 Å². The van der Waals surface area contributed by atoms with Crippen LogP contribution < -0.4 is 9.47 Å². The molecule has 3 heteroatoms. The van der Waals surface area contributed by atoms with Crippen molar-refractivity contribution in [2.75, 3.05) is 13.2 Å². The van der Waals surface area contributed by atoms with Gasteiger partial charge in [-0.05, 0) is 35.4 Å². The number of ether oxygens (including phenoxy) is 2. The molecule has 2 unspecified atom stereocenters. The molecule has 0 aromatic heterocycles. The number of benzene rings is 1. The molecule has 2 aliphatic rings. The molecule has 18 heavy (non-hydrogen) atoms. The lowest BCUT2D eigenvalue weighted by Gasteiger charge is -2.14. The molecule has 1 aliphatic heterocycles. The normalized spacial score (nSPS) is 26.3. The molecule has 0 saturated heterocycles. The van der Waals surface area contributed by atoms with Crippen molar-refractivity contribution in [1.82, 2.24) is 0 Å². The quantitative estimate of drug-likeness (QED) is 0.748. The molecule has 1 saturated carbocycles. The Balaban J connectivity index is 1.83. The highest BCUT2D eigenvalue weighted by Gasteiger charge is 2.50. The number of fused-ring (bicyclic) bond motifs is 1. The molecule has 0 amide bonds. The number of halogens is 1. The van der Waals surface area contributed by atoms with Crippen molar-refractivity contribution in [3.63, 3.8) is 0 Å². The van der Waals surface area contributed by atoms with E-state index in [1.807, 2.05) is 12.1 Å². The van der Waals surface area contributed by atoms with Gasteiger partial charge in [0, 0.05) is 6.42 Å². The minimum Gasteiger partial charge on any atom is -0.490 e. The summed E-state index contributed by atoms with van der Waals surface area (Å²) in [5.41, 5.74) is 1.54. The van der Waals surface area contributed by atoms with E-state index in [-0.39, 0.29) is 5.38 Å². The molecule has 1 aromatic carbocycles. The van der Waals surface area contributed by atoms with Gasteiger partial charge >= 0.3 is 0 Å². The Morgan fingerprint density at radius 1 is 1.22 bits per heavy atom. The molecule has 0 N–H and O–H groups in total. The lowest BCUT2D eigenvalue weighted by atomic mass is 10.0. The van der Waals surface area contributed by atoms with Gasteiger partial charge in [0.25, 0.3) is 0 Å². The summed E-state index contributed by atoms with van der Waals surface area (Å²) in [6, 6.07) is 6.10. The first kappa shape index (κ1) is 12.2. The van der Waals surface area contributed by atoms with Gasteiger partial charge in [0.2, 0.25) is 0 Å². The SMILES string of the molecule is CC1(C)CC1C(Cl)c1ccc2c(c1)OCCCO2.